The molecule has 138 valence electrons. The van der Waals surface area contributed by atoms with E-state index in [9.17, 15) is 9.59 Å². The summed E-state index contributed by atoms with van der Waals surface area (Å²) in [6.07, 6.45) is 0. The second-order valence-corrected chi connectivity index (χ2v) is 6.47. The maximum absolute atomic E-state index is 12.2. The summed E-state index contributed by atoms with van der Waals surface area (Å²) in [5.74, 6) is -0.0837. The number of rotatable bonds is 8. The van der Waals surface area contributed by atoms with Crippen LogP contribution in [0, 0.1) is 5.92 Å². The van der Waals surface area contributed by atoms with Crippen LogP contribution in [-0.4, -0.2) is 24.9 Å². The first kappa shape index (κ1) is 19.5. The Morgan fingerprint density at radius 3 is 2.23 bits per heavy atom. The molecule has 0 aromatic heterocycles. The smallest absolute Gasteiger partial charge is 0.239 e. The summed E-state index contributed by atoms with van der Waals surface area (Å²) in [7, 11) is 0. The average Bonchev–Trinajstić information content (AvgIpc) is 2.66. The number of carbonyl (C=O) groups is 2. The molecule has 0 spiro atoms. The Balaban J connectivity index is 1.84. The summed E-state index contributed by atoms with van der Waals surface area (Å²) < 4.78 is 0. The third-order valence-electron chi connectivity index (χ3n) is 4.07. The first-order valence-corrected chi connectivity index (χ1v) is 8.96. The van der Waals surface area contributed by atoms with Crippen molar-refractivity contribution in [3.05, 3.63) is 60.2 Å². The number of nitrogens with one attached hydrogen (secondary N) is 2. The van der Waals surface area contributed by atoms with Gasteiger partial charge in [-0.1, -0.05) is 44.2 Å². The lowest BCUT2D eigenvalue weighted by molar-refractivity contribution is -0.120. The third kappa shape index (κ3) is 5.92. The number of hydrogen-bond donors (Lipinski definition) is 2. The zero-order chi connectivity index (χ0) is 18.9. The van der Waals surface area contributed by atoms with E-state index in [1.165, 1.54) is 0 Å². The van der Waals surface area contributed by atoms with E-state index in [2.05, 4.69) is 10.6 Å². The fourth-order valence-electron chi connectivity index (χ4n) is 2.45. The van der Waals surface area contributed by atoms with Crippen molar-refractivity contribution in [2.75, 3.05) is 23.3 Å². The summed E-state index contributed by atoms with van der Waals surface area (Å²) in [5.41, 5.74) is 2.79. The van der Waals surface area contributed by atoms with Crippen molar-refractivity contribution in [2.45, 2.75) is 27.3 Å². The van der Waals surface area contributed by atoms with Crippen LogP contribution in [-0.2, 0) is 16.1 Å². The van der Waals surface area contributed by atoms with E-state index in [-0.39, 0.29) is 17.7 Å². The van der Waals surface area contributed by atoms with Crippen LogP contribution < -0.4 is 15.5 Å². The summed E-state index contributed by atoms with van der Waals surface area (Å²) in [5, 5.41) is 5.80. The second-order valence-electron chi connectivity index (χ2n) is 6.47. The highest BCUT2D eigenvalue weighted by Crippen LogP contribution is 2.13. The zero-order valence-electron chi connectivity index (χ0n) is 15.7. The molecule has 0 bridgehead atoms. The van der Waals surface area contributed by atoms with Gasteiger partial charge in [-0.25, -0.2) is 0 Å². The Kier molecular flexibility index (Phi) is 7.21. The molecule has 2 N–H and O–H groups in total. The first-order valence-electron chi connectivity index (χ1n) is 8.96. The zero-order valence-corrected chi connectivity index (χ0v) is 15.7. The number of carbonyl (C=O) groups excluding carboxylic acids is 2. The Morgan fingerprint density at radius 2 is 1.65 bits per heavy atom. The van der Waals surface area contributed by atoms with E-state index in [0.717, 1.165) is 23.5 Å². The molecule has 0 radical (unpaired) electrons. The molecule has 5 nitrogen and oxygen atoms in total. The van der Waals surface area contributed by atoms with E-state index in [0.29, 0.717) is 13.1 Å². The molecule has 5 heteroatoms. The molecule has 0 saturated heterocycles. The predicted molar refractivity (Wildman–Crippen MR) is 106 cm³/mol. The summed E-state index contributed by atoms with van der Waals surface area (Å²) in [6.45, 7) is 7.29. The van der Waals surface area contributed by atoms with E-state index in [1.54, 1.807) is 0 Å². The molecule has 2 rings (SSSR count). The second kappa shape index (κ2) is 9.61. The fourth-order valence-corrected chi connectivity index (χ4v) is 2.45. The van der Waals surface area contributed by atoms with Crippen LogP contribution >= 0.6 is 0 Å². The number of hydrogen-bond acceptors (Lipinski definition) is 3. The van der Waals surface area contributed by atoms with Gasteiger partial charge in [0, 0.05) is 30.4 Å². The van der Waals surface area contributed by atoms with Gasteiger partial charge in [-0.15, -0.1) is 0 Å². The van der Waals surface area contributed by atoms with Crippen molar-refractivity contribution in [3.8, 4) is 0 Å². The van der Waals surface area contributed by atoms with Gasteiger partial charge in [0.25, 0.3) is 0 Å². The van der Waals surface area contributed by atoms with Gasteiger partial charge >= 0.3 is 0 Å². The van der Waals surface area contributed by atoms with Gasteiger partial charge < -0.3 is 15.5 Å². The number of amides is 2. The van der Waals surface area contributed by atoms with Crippen LogP contribution in [0.4, 0.5) is 11.4 Å². The first-order chi connectivity index (χ1) is 12.5. The molecule has 2 amide bonds. The molecule has 0 unspecified atom stereocenters. The molecular formula is C21H27N3O2. The molecule has 0 fully saturated rings. The predicted octanol–water partition coefficient (Wildman–Crippen LogP) is 3.42. The number of likely N-dealkylation sites (N-methyl/N-ethyl adjacent to an activating group) is 1. The number of benzene rings is 2. The fraction of sp³-hybridized carbons (Fsp3) is 0.333. The SMILES string of the molecule is CCN(CC(=O)NCc1ccc(NC(=O)C(C)C)cc1)c1ccccc1. The van der Waals surface area contributed by atoms with Crippen LogP contribution in [0.3, 0.4) is 0 Å². The van der Waals surface area contributed by atoms with E-state index in [4.69, 9.17) is 0 Å². The van der Waals surface area contributed by atoms with Crippen LogP contribution in [0.15, 0.2) is 54.6 Å². The Bertz CT molecular complexity index is 712. The minimum absolute atomic E-state index is 0.00776. The molecular weight excluding hydrogens is 326 g/mol. The standard InChI is InChI=1S/C21H27N3O2/c1-4-24(19-8-6-5-7-9-19)15-20(25)22-14-17-10-12-18(13-11-17)23-21(26)16(2)3/h5-13,16H,4,14-15H2,1-3H3,(H,22,25)(H,23,26). The van der Waals surface area contributed by atoms with Crippen molar-refractivity contribution >= 4 is 23.2 Å². The van der Waals surface area contributed by atoms with Crippen molar-refractivity contribution in [2.24, 2.45) is 5.92 Å². The van der Waals surface area contributed by atoms with Crippen LogP contribution in [0.25, 0.3) is 0 Å². The van der Waals surface area contributed by atoms with E-state index in [1.807, 2.05) is 80.3 Å². The van der Waals surface area contributed by atoms with Gasteiger partial charge in [0.05, 0.1) is 6.54 Å². The minimum atomic E-state index is -0.0555. The van der Waals surface area contributed by atoms with Crippen LogP contribution in [0.1, 0.15) is 26.3 Å². The molecule has 0 aliphatic heterocycles. The van der Waals surface area contributed by atoms with E-state index >= 15 is 0 Å². The Morgan fingerprint density at radius 1 is 1.00 bits per heavy atom. The Labute approximate surface area is 155 Å². The summed E-state index contributed by atoms with van der Waals surface area (Å²) >= 11 is 0. The van der Waals surface area contributed by atoms with Crippen molar-refractivity contribution in [3.63, 3.8) is 0 Å². The van der Waals surface area contributed by atoms with Crippen LogP contribution in [0.5, 0.6) is 0 Å². The van der Waals surface area contributed by atoms with Crippen molar-refractivity contribution in [1.29, 1.82) is 0 Å². The Hall–Kier alpha value is -2.82. The van der Waals surface area contributed by atoms with E-state index < -0.39 is 0 Å². The monoisotopic (exact) mass is 353 g/mol. The lowest BCUT2D eigenvalue weighted by Crippen LogP contribution is -2.36. The molecule has 2 aromatic rings. The molecule has 0 saturated carbocycles. The molecule has 0 heterocycles. The average molecular weight is 353 g/mol. The molecule has 0 aliphatic rings. The van der Waals surface area contributed by atoms with Gasteiger partial charge in [-0.3, -0.25) is 9.59 Å². The molecule has 2 aromatic carbocycles. The topological polar surface area (TPSA) is 61.4 Å². The normalized spacial score (nSPS) is 10.5. The maximum atomic E-state index is 12.2. The number of anilines is 2. The minimum Gasteiger partial charge on any atom is -0.363 e. The third-order valence-corrected chi connectivity index (χ3v) is 4.07. The quantitative estimate of drug-likeness (QED) is 0.764. The van der Waals surface area contributed by atoms with Gasteiger partial charge in [-0.2, -0.15) is 0 Å². The van der Waals surface area contributed by atoms with Crippen molar-refractivity contribution in [1.82, 2.24) is 5.32 Å². The van der Waals surface area contributed by atoms with Gasteiger partial charge in [-0.05, 0) is 36.8 Å². The number of nitrogens with zero attached hydrogens (tertiary/aromatic N) is 1. The highest BCUT2D eigenvalue weighted by atomic mass is 16.2. The molecule has 26 heavy (non-hydrogen) atoms. The summed E-state index contributed by atoms with van der Waals surface area (Å²) in [4.78, 5) is 26.0. The summed E-state index contributed by atoms with van der Waals surface area (Å²) in [6, 6.07) is 17.4. The lowest BCUT2D eigenvalue weighted by atomic mass is 10.1. The largest absolute Gasteiger partial charge is 0.363 e. The highest BCUT2D eigenvalue weighted by molar-refractivity contribution is 5.92. The van der Waals surface area contributed by atoms with Gasteiger partial charge in [0.1, 0.15) is 0 Å². The number of para-hydroxylation sites is 1. The molecule has 0 atom stereocenters. The highest BCUT2D eigenvalue weighted by Gasteiger charge is 2.10. The van der Waals surface area contributed by atoms with Crippen LogP contribution in [0.2, 0.25) is 0 Å². The van der Waals surface area contributed by atoms with Gasteiger partial charge in [0.15, 0.2) is 0 Å². The molecule has 0 aliphatic carbocycles. The maximum Gasteiger partial charge on any atom is 0.239 e. The van der Waals surface area contributed by atoms with Crippen molar-refractivity contribution < 1.29 is 9.59 Å². The van der Waals surface area contributed by atoms with Gasteiger partial charge in [0.2, 0.25) is 11.8 Å². The lowest BCUT2D eigenvalue weighted by Gasteiger charge is -2.22.